The molecule has 2 N–H and O–H groups in total. The third-order valence-corrected chi connectivity index (χ3v) is 13.9. The second-order valence-corrected chi connectivity index (χ2v) is 21.4. The first kappa shape index (κ1) is 51.7. The van der Waals surface area contributed by atoms with Crippen LogP contribution >= 0.6 is 0 Å². The van der Waals surface area contributed by atoms with Gasteiger partial charge in [-0.15, -0.1) is 0 Å². The van der Waals surface area contributed by atoms with Crippen LogP contribution in [0, 0.1) is 17.5 Å². The Morgan fingerprint density at radius 3 is 1.45 bits per heavy atom. The summed E-state index contributed by atoms with van der Waals surface area (Å²) < 4.78 is 40.0. The van der Waals surface area contributed by atoms with Gasteiger partial charge < -0.3 is 20.4 Å². The second-order valence-electron chi connectivity index (χ2n) is 21.4. The number of nitrogens with zero attached hydrogens (tertiary/aromatic N) is 8. The molecule has 0 spiro atoms. The minimum atomic E-state index is -0.835. The SMILES string of the molecule is CC(C)(C)c1nc(C2CCC2)cc(N2CCN(CCCCNC(=O)c3ccc(F)cc3F)CC2)n1.CC(C)(C)c1nc(C2CCC2)cc(N2CCN(CCCCNC(=O)c3cccc(F)c3)CC2)n1. The van der Waals surface area contributed by atoms with Crippen molar-refractivity contribution in [2.45, 2.75) is 128 Å². The molecule has 4 aromatic rings. The zero-order chi connectivity index (χ0) is 49.1. The molecular weight excluding hydrogens is 878 g/mol. The van der Waals surface area contributed by atoms with Crippen LogP contribution in [-0.2, 0) is 10.8 Å². The smallest absolute Gasteiger partial charge is 0.254 e. The van der Waals surface area contributed by atoms with Crippen molar-refractivity contribution in [3.8, 4) is 0 Å². The van der Waals surface area contributed by atoms with Gasteiger partial charge in [0, 0.05) is 123 Å². The third-order valence-electron chi connectivity index (χ3n) is 13.9. The summed E-state index contributed by atoms with van der Waals surface area (Å²) in [7, 11) is 0. The topological polar surface area (TPSA) is 123 Å². The maximum atomic E-state index is 13.7. The van der Waals surface area contributed by atoms with Gasteiger partial charge in [-0.25, -0.2) is 33.1 Å². The predicted octanol–water partition coefficient (Wildman–Crippen LogP) is 9.16. The van der Waals surface area contributed by atoms with E-state index in [1.807, 2.05) is 0 Å². The Balaban J connectivity index is 0.000000204. The number of halogens is 3. The highest BCUT2D eigenvalue weighted by Crippen LogP contribution is 2.38. The van der Waals surface area contributed by atoms with Crippen molar-refractivity contribution in [1.82, 2.24) is 40.4 Å². The molecule has 4 aliphatic rings. The summed E-state index contributed by atoms with van der Waals surface area (Å²) in [6.45, 7) is 23.9. The summed E-state index contributed by atoms with van der Waals surface area (Å²) in [6.07, 6.45) is 11.2. The van der Waals surface area contributed by atoms with Gasteiger partial charge in [0.25, 0.3) is 11.8 Å². The van der Waals surface area contributed by atoms with Crippen molar-refractivity contribution in [2.75, 3.05) is 88.3 Å². The van der Waals surface area contributed by atoms with E-state index in [1.54, 1.807) is 12.1 Å². The second kappa shape index (κ2) is 23.6. The molecule has 15 heteroatoms. The first-order valence-corrected chi connectivity index (χ1v) is 25.5. The average Bonchev–Trinajstić information content (AvgIpc) is 3.27. The number of amides is 2. The quantitative estimate of drug-likeness (QED) is 0.105. The van der Waals surface area contributed by atoms with E-state index in [0.717, 1.165) is 127 Å². The van der Waals surface area contributed by atoms with E-state index in [4.69, 9.17) is 19.9 Å². The molecule has 2 saturated carbocycles. The van der Waals surface area contributed by atoms with Crippen LogP contribution in [-0.4, -0.2) is 120 Å². The lowest BCUT2D eigenvalue weighted by atomic mass is 9.82. The molecule has 4 fully saturated rings. The number of hydrogen-bond acceptors (Lipinski definition) is 10. The summed E-state index contributed by atoms with van der Waals surface area (Å²) in [5.74, 6) is 2.59. The van der Waals surface area contributed by atoms with Crippen molar-refractivity contribution in [3.63, 3.8) is 0 Å². The standard InChI is InChI=1S/C27H37F2N5O.C27H38FN5O/c1-27(2,3)26-31-23(19-7-6-8-19)18-24(32-26)34-15-13-33(14-16-34)12-5-4-11-30-25(35)21-10-9-20(28)17-22(21)29;1-27(2,3)26-30-23(20-8-6-9-20)19-24(31-26)33-16-14-32(15-17-33)13-5-4-12-29-25(34)21-10-7-11-22(28)18-21/h9-10,17-19H,4-8,11-16H2,1-3H3,(H,30,35);7,10-11,18-20H,4-6,8-9,12-17H2,1-3H3,(H,29,34). The predicted molar refractivity (Wildman–Crippen MR) is 268 cm³/mol. The molecule has 0 unspecified atom stereocenters. The summed E-state index contributed by atoms with van der Waals surface area (Å²) in [5, 5.41) is 5.61. The molecule has 8 rings (SSSR count). The minimum absolute atomic E-state index is 0.0551. The Kier molecular flexibility index (Phi) is 17.7. The van der Waals surface area contributed by atoms with E-state index in [-0.39, 0.29) is 28.1 Å². The van der Waals surface area contributed by atoms with Gasteiger partial charge in [-0.05, 0) is 94.8 Å². The van der Waals surface area contributed by atoms with Crippen LogP contribution in [0.15, 0.2) is 54.6 Å². The van der Waals surface area contributed by atoms with Crippen molar-refractivity contribution < 1.29 is 22.8 Å². The zero-order valence-corrected chi connectivity index (χ0v) is 41.9. The van der Waals surface area contributed by atoms with Crippen molar-refractivity contribution >= 4 is 23.5 Å². The highest BCUT2D eigenvalue weighted by molar-refractivity contribution is 5.94. The fourth-order valence-corrected chi connectivity index (χ4v) is 8.95. The van der Waals surface area contributed by atoms with Gasteiger partial charge in [-0.3, -0.25) is 19.4 Å². The Labute approximate surface area is 408 Å². The van der Waals surface area contributed by atoms with E-state index in [9.17, 15) is 22.8 Å². The summed E-state index contributed by atoms with van der Waals surface area (Å²) in [4.78, 5) is 53.7. The van der Waals surface area contributed by atoms with Gasteiger partial charge in [-0.1, -0.05) is 60.5 Å². The van der Waals surface area contributed by atoms with Gasteiger partial charge in [0.15, 0.2) is 0 Å². The molecule has 2 aromatic heterocycles. The number of benzene rings is 2. The fraction of sp³-hybridized carbons (Fsp3) is 0.593. The lowest BCUT2D eigenvalue weighted by Gasteiger charge is -2.36. The Morgan fingerprint density at radius 2 is 1.03 bits per heavy atom. The Hall–Kier alpha value is -5.15. The first-order chi connectivity index (χ1) is 33.0. The Morgan fingerprint density at radius 1 is 0.565 bits per heavy atom. The van der Waals surface area contributed by atoms with Crippen LogP contribution in [0.2, 0.25) is 0 Å². The van der Waals surface area contributed by atoms with Crippen molar-refractivity contribution in [1.29, 1.82) is 0 Å². The molecule has 0 radical (unpaired) electrons. The maximum Gasteiger partial charge on any atom is 0.254 e. The largest absolute Gasteiger partial charge is 0.354 e. The summed E-state index contributed by atoms with van der Waals surface area (Å²) >= 11 is 0. The molecule has 0 bridgehead atoms. The van der Waals surface area contributed by atoms with Gasteiger partial charge in [-0.2, -0.15) is 0 Å². The molecule has 12 nitrogen and oxygen atoms in total. The molecule has 69 heavy (non-hydrogen) atoms. The van der Waals surface area contributed by atoms with Crippen molar-refractivity contribution in [2.24, 2.45) is 0 Å². The zero-order valence-electron chi connectivity index (χ0n) is 41.9. The number of piperazine rings is 2. The number of anilines is 2. The van der Waals surface area contributed by atoms with Gasteiger partial charge in [0.1, 0.15) is 40.7 Å². The van der Waals surface area contributed by atoms with E-state index in [1.165, 1.54) is 68.1 Å². The number of carbonyl (C=O) groups excluding carboxylic acids is 2. The fourth-order valence-electron chi connectivity index (χ4n) is 8.95. The number of unbranched alkanes of at least 4 members (excludes halogenated alkanes) is 2. The summed E-state index contributed by atoms with van der Waals surface area (Å²) in [6, 6.07) is 13.3. The molecule has 4 heterocycles. The third kappa shape index (κ3) is 14.7. The Bertz CT molecular complexity index is 2330. The molecule has 0 atom stereocenters. The number of nitrogens with one attached hydrogen (secondary N) is 2. The molecule has 2 saturated heterocycles. The van der Waals surface area contributed by atoms with Gasteiger partial charge in [0.2, 0.25) is 0 Å². The van der Waals surface area contributed by atoms with Crippen LogP contribution in [0.3, 0.4) is 0 Å². The number of carbonyl (C=O) groups is 2. The highest BCUT2D eigenvalue weighted by Gasteiger charge is 2.30. The van der Waals surface area contributed by atoms with Crippen LogP contribution in [0.4, 0.5) is 24.8 Å². The monoisotopic (exact) mass is 953 g/mol. The van der Waals surface area contributed by atoms with Gasteiger partial charge in [0.05, 0.1) is 5.56 Å². The molecular formula is C54H75F3N10O2. The lowest BCUT2D eigenvalue weighted by Crippen LogP contribution is -2.47. The molecule has 2 amide bonds. The number of hydrogen-bond donors (Lipinski definition) is 2. The van der Waals surface area contributed by atoms with E-state index >= 15 is 0 Å². The number of aromatic nitrogens is 4. The molecule has 2 aliphatic carbocycles. The van der Waals surface area contributed by atoms with Crippen LogP contribution in [0.1, 0.15) is 161 Å². The molecule has 2 aliphatic heterocycles. The van der Waals surface area contributed by atoms with E-state index < -0.39 is 17.5 Å². The van der Waals surface area contributed by atoms with Crippen molar-refractivity contribution in [3.05, 3.63) is 106 Å². The molecule has 374 valence electrons. The van der Waals surface area contributed by atoms with Crippen LogP contribution in [0.5, 0.6) is 0 Å². The number of rotatable bonds is 16. The van der Waals surface area contributed by atoms with E-state index in [2.05, 4.69) is 83.9 Å². The van der Waals surface area contributed by atoms with Crippen LogP contribution in [0.25, 0.3) is 0 Å². The lowest BCUT2D eigenvalue weighted by molar-refractivity contribution is 0.0941. The summed E-state index contributed by atoms with van der Waals surface area (Å²) in [5.41, 5.74) is 2.55. The molecule has 2 aromatic carbocycles. The van der Waals surface area contributed by atoms with E-state index in [0.29, 0.717) is 30.5 Å². The average molecular weight is 953 g/mol. The normalized spacial score (nSPS) is 17.4. The highest BCUT2D eigenvalue weighted by atomic mass is 19.1. The minimum Gasteiger partial charge on any atom is -0.354 e. The van der Waals surface area contributed by atoms with Gasteiger partial charge >= 0.3 is 0 Å². The van der Waals surface area contributed by atoms with Crippen LogP contribution < -0.4 is 20.4 Å². The maximum absolute atomic E-state index is 13.7. The first-order valence-electron chi connectivity index (χ1n) is 25.5.